The number of hydrogen-bond acceptors (Lipinski definition) is 3. The zero-order chi connectivity index (χ0) is 10.7. The molecule has 0 bridgehead atoms. The largest absolute Gasteiger partial charge is 0.473 e. The van der Waals surface area contributed by atoms with Crippen molar-refractivity contribution in [2.45, 2.75) is 13.3 Å². The minimum absolute atomic E-state index is 0.0261. The Balaban J connectivity index is 2.09. The number of aryl methyl sites for hydroxylation is 1. The molecule has 0 spiro atoms. The highest BCUT2D eigenvalue weighted by Gasteiger charge is 2.17. The molecular formula is C12H13NO2. The van der Waals surface area contributed by atoms with Crippen molar-refractivity contribution in [1.82, 2.24) is 0 Å². The molecule has 1 aliphatic rings. The van der Waals surface area contributed by atoms with Crippen LogP contribution in [0.25, 0.3) is 0 Å². The summed E-state index contributed by atoms with van der Waals surface area (Å²) in [5, 5.41) is 0. The predicted octanol–water partition coefficient (Wildman–Crippen LogP) is 1.54. The summed E-state index contributed by atoms with van der Waals surface area (Å²) in [5.74, 6) is 0.264. The second-order valence-electron chi connectivity index (χ2n) is 3.56. The standard InChI is InChI=1S/C12H13NO2/c1-9-4-2-3-5-10(9)8-11(14)12-13-6-7-15-12/h2-5H,6-8H2,1H3. The number of carbonyl (C=O) groups is 1. The molecule has 0 radical (unpaired) electrons. The Morgan fingerprint density at radius 3 is 2.93 bits per heavy atom. The lowest BCUT2D eigenvalue weighted by Gasteiger charge is -2.04. The minimum Gasteiger partial charge on any atom is -0.473 e. The van der Waals surface area contributed by atoms with Gasteiger partial charge in [-0.2, -0.15) is 0 Å². The third-order valence-electron chi connectivity index (χ3n) is 2.44. The number of hydrogen-bond donors (Lipinski definition) is 0. The Morgan fingerprint density at radius 2 is 2.27 bits per heavy atom. The first-order valence-corrected chi connectivity index (χ1v) is 5.02. The van der Waals surface area contributed by atoms with E-state index in [1.807, 2.05) is 31.2 Å². The van der Waals surface area contributed by atoms with Crippen LogP contribution in [-0.2, 0) is 16.0 Å². The maximum absolute atomic E-state index is 11.7. The van der Waals surface area contributed by atoms with E-state index in [0.717, 1.165) is 11.1 Å². The Labute approximate surface area is 88.8 Å². The molecular weight excluding hydrogens is 190 g/mol. The van der Waals surface area contributed by atoms with Gasteiger partial charge in [0.1, 0.15) is 6.61 Å². The zero-order valence-corrected chi connectivity index (χ0v) is 8.69. The van der Waals surface area contributed by atoms with Gasteiger partial charge in [-0.05, 0) is 18.1 Å². The number of rotatable bonds is 3. The maximum Gasteiger partial charge on any atom is 0.253 e. The van der Waals surface area contributed by atoms with Gasteiger partial charge in [0.15, 0.2) is 0 Å². The second kappa shape index (κ2) is 4.26. The molecule has 2 rings (SSSR count). The van der Waals surface area contributed by atoms with Gasteiger partial charge in [0.25, 0.3) is 5.90 Å². The third kappa shape index (κ3) is 2.24. The van der Waals surface area contributed by atoms with Crippen molar-refractivity contribution in [2.75, 3.05) is 13.2 Å². The molecule has 1 aliphatic heterocycles. The van der Waals surface area contributed by atoms with Crippen LogP contribution in [0.5, 0.6) is 0 Å². The summed E-state index contributed by atoms with van der Waals surface area (Å²) in [6.07, 6.45) is 0.380. The molecule has 0 N–H and O–H groups in total. The molecule has 1 aromatic rings. The van der Waals surface area contributed by atoms with Gasteiger partial charge in [0.05, 0.1) is 6.54 Å². The fourth-order valence-corrected chi connectivity index (χ4v) is 1.56. The summed E-state index contributed by atoms with van der Waals surface area (Å²) in [4.78, 5) is 15.7. The van der Waals surface area contributed by atoms with Crippen molar-refractivity contribution in [3.05, 3.63) is 35.4 Å². The SMILES string of the molecule is Cc1ccccc1CC(=O)C1=NCCO1. The highest BCUT2D eigenvalue weighted by molar-refractivity contribution is 6.37. The molecule has 3 heteroatoms. The van der Waals surface area contributed by atoms with Crippen LogP contribution in [0.3, 0.4) is 0 Å². The lowest BCUT2D eigenvalue weighted by Crippen LogP contribution is -2.17. The summed E-state index contributed by atoms with van der Waals surface area (Å²) < 4.78 is 5.13. The van der Waals surface area contributed by atoms with Crippen LogP contribution < -0.4 is 0 Å². The molecule has 0 amide bonds. The van der Waals surface area contributed by atoms with Crippen molar-refractivity contribution in [1.29, 1.82) is 0 Å². The van der Waals surface area contributed by atoms with E-state index in [-0.39, 0.29) is 5.78 Å². The van der Waals surface area contributed by atoms with E-state index in [0.29, 0.717) is 25.5 Å². The molecule has 0 unspecified atom stereocenters. The molecule has 0 fully saturated rings. The Kier molecular flexibility index (Phi) is 2.81. The van der Waals surface area contributed by atoms with Crippen LogP contribution in [0, 0.1) is 6.92 Å². The predicted molar refractivity (Wildman–Crippen MR) is 58.1 cm³/mol. The fourth-order valence-electron chi connectivity index (χ4n) is 1.56. The Hall–Kier alpha value is -1.64. The van der Waals surface area contributed by atoms with Gasteiger partial charge in [-0.25, -0.2) is 4.99 Å². The van der Waals surface area contributed by atoms with Crippen molar-refractivity contribution in [3.63, 3.8) is 0 Å². The summed E-state index contributed by atoms with van der Waals surface area (Å²) in [6.45, 7) is 3.14. The van der Waals surface area contributed by atoms with Crippen LogP contribution in [0.4, 0.5) is 0 Å². The van der Waals surface area contributed by atoms with E-state index >= 15 is 0 Å². The van der Waals surface area contributed by atoms with Gasteiger partial charge < -0.3 is 4.74 Å². The van der Waals surface area contributed by atoms with Crippen molar-refractivity contribution in [2.24, 2.45) is 4.99 Å². The van der Waals surface area contributed by atoms with Crippen LogP contribution in [0.1, 0.15) is 11.1 Å². The molecule has 0 atom stereocenters. The fraction of sp³-hybridized carbons (Fsp3) is 0.333. The number of benzene rings is 1. The molecule has 0 aliphatic carbocycles. The van der Waals surface area contributed by atoms with E-state index in [1.54, 1.807) is 0 Å². The first-order valence-electron chi connectivity index (χ1n) is 5.02. The van der Waals surface area contributed by atoms with Gasteiger partial charge >= 0.3 is 0 Å². The Bertz CT molecular complexity index is 410. The summed E-state index contributed by atoms with van der Waals surface area (Å²) >= 11 is 0. The quantitative estimate of drug-likeness (QED) is 0.747. The highest BCUT2D eigenvalue weighted by atomic mass is 16.5. The third-order valence-corrected chi connectivity index (χ3v) is 2.44. The number of nitrogens with zero attached hydrogens (tertiary/aromatic N) is 1. The van der Waals surface area contributed by atoms with Gasteiger partial charge in [0.2, 0.25) is 5.78 Å². The van der Waals surface area contributed by atoms with E-state index in [9.17, 15) is 4.79 Å². The molecule has 0 saturated heterocycles. The molecule has 1 aromatic carbocycles. The minimum atomic E-state index is -0.0261. The van der Waals surface area contributed by atoms with Crippen molar-refractivity contribution >= 4 is 11.7 Å². The molecule has 0 saturated carbocycles. The van der Waals surface area contributed by atoms with Crippen molar-refractivity contribution in [3.8, 4) is 0 Å². The number of carbonyl (C=O) groups excluding carboxylic acids is 1. The maximum atomic E-state index is 11.7. The lowest BCUT2D eigenvalue weighted by molar-refractivity contribution is -0.113. The lowest BCUT2D eigenvalue weighted by atomic mass is 10.0. The Morgan fingerprint density at radius 1 is 1.47 bits per heavy atom. The van der Waals surface area contributed by atoms with E-state index in [2.05, 4.69) is 4.99 Å². The normalized spacial score (nSPS) is 14.6. The van der Waals surface area contributed by atoms with E-state index < -0.39 is 0 Å². The van der Waals surface area contributed by atoms with Gasteiger partial charge in [-0.3, -0.25) is 4.79 Å². The molecule has 3 nitrogen and oxygen atoms in total. The summed E-state index contributed by atoms with van der Waals surface area (Å²) in [5.41, 5.74) is 2.17. The topological polar surface area (TPSA) is 38.7 Å². The zero-order valence-electron chi connectivity index (χ0n) is 8.69. The number of ketones is 1. The molecule has 78 valence electrons. The van der Waals surface area contributed by atoms with E-state index in [4.69, 9.17) is 4.74 Å². The molecule has 0 aromatic heterocycles. The number of Topliss-reactive ketones (excluding diaryl/α,β-unsaturated/α-hetero) is 1. The second-order valence-corrected chi connectivity index (χ2v) is 3.56. The average Bonchev–Trinajstić information content (AvgIpc) is 2.74. The summed E-state index contributed by atoms with van der Waals surface area (Å²) in [7, 11) is 0. The summed E-state index contributed by atoms with van der Waals surface area (Å²) in [6, 6.07) is 7.86. The average molecular weight is 203 g/mol. The highest BCUT2D eigenvalue weighted by Crippen LogP contribution is 2.09. The van der Waals surface area contributed by atoms with Crippen LogP contribution in [0.15, 0.2) is 29.3 Å². The number of aliphatic imine (C=N–C) groups is 1. The smallest absolute Gasteiger partial charge is 0.253 e. The van der Waals surface area contributed by atoms with Gasteiger partial charge in [0, 0.05) is 6.42 Å². The van der Waals surface area contributed by atoms with Crippen LogP contribution >= 0.6 is 0 Å². The molecule has 15 heavy (non-hydrogen) atoms. The van der Waals surface area contributed by atoms with Crippen LogP contribution in [-0.4, -0.2) is 24.8 Å². The van der Waals surface area contributed by atoms with Gasteiger partial charge in [-0.15, -0.1) is 0 Å². The first kappa shape index (κ1) is 9.90. The van der Waals surface area contributed by atoms with Crippen molar-refractivity contribution < 1.29 is 9.53 Å². The number of ether oxygens (including phenoxy) is 1. The molecule has 1 heterocycles. The van der Waals surface area contributed by atoms with Gasteiger partial charge in [-0.1, -0.05) is 24.3 Å². The van der Waals surface area contributed by atoms with E-state index in [1.165, 1.54) is 0 Å². The first-order chi connectivity index (χ1) is 7.27. The monoisotopic (exact) mass is 203 g/mol. The van der Waals surface area contributed by atoms with Crippen LogP contribution in [0.2, 0.25) is 0 Å².